The summed E-state index contributed by atoms with van der Waals surface area (Å²) in [5.41, 5.74) is 0. The first-order chi connectivity index (χ1) is 15.2. The average Bonchev–Trinajstić information content (AvgIpc) is 3.51. The van der Waals surface area contributed by atoms with Crippen LogP contribution in [0.5, 0.6) is 0 Å². The summed E-state index contributed by atoms with van der Waals surface area (Å²) < 4.78 is 14.3. The van der Waals surface area contributed by atoms with Crippen molar-refractivity contribution in [3.63, 3.8) is 0 Å². The van der Waals surface area contributed by atoms with Gasteiger partial charge in [0.2, 0.25) is 0 Å². The molecule has 8 atom stereocenters. The van der Waals surface area contributed by atoms with Gasteiger partial charge in [0, 0.05) is 0 Å². The van der Waals surface area contributed by atoms with E-state index in [4.69, 9.17) is 23.8 Å². The first-order valence-corrected chi connectivity index (χ1v) is 10.4. The molecule has 2 fully saturated rings. The first kappa shape index (κ1) is 27.0. The van der Waals surface area contributed by atoms with Crippen LogP contribution in [0, 0.1) is 47.3 Å². The molecule has 0 aliphatic heterocycles. The number of methoxy groups -OCH3 is 3. The van der Waals surface area contributed by atoms with Crippen LogP contribution in [0.25, 0.3) is 0 Å². The number of fused-ring (bicyclic) bond motifs is 2. The highest BCUT2D eigenvalue weighted by molar-refractivity contribution is 5.84. The highest BCUT2D eigenvalue weighted by atomic mass is 16.5. The molecule has 0 saturated heterocycles. The molecular formula is C24H32O8. The Kier molecular flexibility index (Phi) is 10.8. The predicted molar refractivity (Wildman–Crippen MR) is 113 cm³/mol. The van der Waals surface area contributed by atoms with E-state index in [0.29, 0.717) is 11.8 Å². The monoisotopic (exact) mass is 448 g/mol. The molecule has 3 rings (SSSR count). The Hall–Kier alpha value is -2.99. The van der Waals surface area contributed by atoms with Crippen molar-refractivity contribution in [2.24, 2.45) is 47.3 Å². The number of carbonyl (C=O) groups is 3. The molecule has 8 unspecified atom stereocenters. The zero-order valence-corrected chi connectivity index (χ0v) is 19.0. The van der Waals surface area contributed by atoms with Crippen LogP contribution in [0.4, 0.5) is 0 Å². The molecule has 176 valence electrons. The van der Waals surface area contributed by atoms with Gasteiger partial charge in [0.05, 0.1) is 39.1 Å². The molecule has 2 saturated carbocycles. The minimum Gasteiger partial charge on any atom is -0.469 e. The third kappa shape index (κ3) is 5.82. The third-order valence-corrected chi connectivity index (χ3v) is 6.73. The molecular weight excluding hydrogens is 416 g/mol. The summed E-state index contributed by atoms with van der Waals surface area (Å²) in [5, 5.41) is 0. The molecule has 0 heterocycles. The molecule has 0 aromatic heterocycles. The lowest BCUT2D eigenvalue weighted by Gasteiger charge is -2.23. The van der Waals surface area contributed by atoms with Crippen LogP contribution in [0.1, 0.15) is 19.8 Å². The Balaban J connectivity index is 0.000000286. The van der Waals surface area contributed by atoms with Crippen LogP contribution < -0.4 is 0 Å². The van der Waals surface area contributed by atoms with Gasteiger partial charge < -0.3 is 14.2 Å². The predicted octanol–water partition coefficient (Wildman–Crippen LogP) is 2.61. The molecule has 3 aliphatic rings. The summed E-state index contributed by atoms with van der Waals surface area (Å²) in [6.45, 7) is 9.65. The summed E-state index contributed by atoms with van der Waals surface area (Å²) in [4.78, 5) is 50.9. The van der Waals surface area contributed by atoms with Gasteiger partial charge in [0.15, 0.2) is 0 Å². The van der Waals surface area contributed by atoms with Gasteiger partial charge in [-0.1, -0.05) is 31.2 Å². The molecule has 8 heteroatoms. The summed E-state index contributed by atoms with van der Waals surface area (Å²) in [5.74, 6) is -0.227. The molecule has 8 nitrogen and oxygen atoms in total. The normalized spacial score (nSPS) is 33.4. The van der Waals surface area contributed by atoms with E-state index in [1.54, 1.807) is 0 Å². The van der Waals surface area contributed by atoms with Crippen LogP contribution in [0.3, 0.4) is 0 Å². The van der Waals surface area contributed by atoms with Crippen LogP contribution >= 0.6 is 0 Å². The fourth-order valence-electron chi connectivity index (χ4n) is 5.15. The summed E-state index contributed by atoms with van der Waals surface area (Å²) >= 11 is 0. The Bertz CT molecular complexity index is 734. The zero-order chi connectivity index (χ0) is 24.4. The van der Waals surface area contributed by atoms with E-state index in [-0.39, 0.29) is 59.6 Å². The van der Waals surface area contributed by atoms with Gasteiger partial charge in [-0.25, -0.2) is 0 Å². The lowest BCUT2D eigenvalue weighted by atomic mass is 9.83. The second kappa shape index (κ2) is 12.8. The van der Waals surface area contributed by atoms with E-state index in [1.807, 2.05) is 24.3 Å². The van der Waals surface area contributed by atoms with Gasteiger partial charge in [0.25, 0.3) is 0 Å². The summed E-state index contributed by atoms with van der Waals surface area (Å²) in [6.07, 6.45) is 9.89. The van der Waals surface area contributed by atoms with Crippen molar-refractivity contribution < 1.29 is 38.2 Å². The van der Waals surface area contributed by atoms with Gasteiger partial charge in [-0.15, -0.1) is 13.2 Å². The topological polar surface area (TPSA) is 113 Å². The van der Waals surface area contributed by atoms with Crippen molar-refractivity contribution in [2.75, 3.05) is 21.3 Å². The molecule has 0 aromatic rings. The lowest BCUT2D eigenvalue weighted by molar-refractivity contribution is -0.191. The van der Waals surface area contributed by atoms with Gasteiger partial charge in [-0.3, -0.25) is 14.4 Å². The third-order valence-electron chi connectivity index (χ3n) is 6.73. The van der Waals surface area contributed by atoms with E-state index >= 15 is 0 Å². The number of esters is 3. The summed E-state index contributed by atoms with van der Waals surface area (Å²) in [7, 11) is 4.15. The van der Waals surface area contributed by atoms with Crippen molar-refractivity contribution in [3.8, 4) is 0 Å². The van der Waals surface area contributed by atoms with E-state index in [2.05, 4.69) is 20.1 Å². The Morgan fingerprint density at radius 1 is 0.781 bits per heavy atom. The standard InChI is InChI=1S/C12H18O2.C11H14O4.CO2/c1-5-9-7-10(6-2)11(8(9)3)12(13)14-4;1-14-10(12)8-6-3-4-7(5-6)9(8)11(13)15-2;2-1-3/h5-6,8-11H,1-2,7H2,3-4H3;3-4,6-9H,5H2,1-2H3;. The molecule has 0 radical (unpaired) electrons. The Labute approximate surface area is 188 Å². The zero-order valence-electron chi connectivity index (χ0n) is 19.0. The van der Waals surface area contributed by atoms with Crippen LogP contribution in [-0.4, -0.2) is 45.4 Å². The number of hydrogen-bond acceptors (Lipinski definition) is 8. The van der Waals surface area contributed by atoms with E-state index in [1.165, 1.54) is 21.3 Å². The van der Waals surface area contributed by atoms with Crippen molar-refractivity contribution >= 4 is 24.1 Å². The molecule has 3 aliphatic carbocycles. The minimum absolute atomic E-state index is 0.0412. The maximum absolute atomic E-state index is 11.6. The SMILES string of the molecule is C=CC1CC(C=C)C(C(=O)OC)C1C.COC(=O)C1C2C=CC(C2)C1C(=O)OC.O=C=O. The second-order valence-electron chi connectivity index (χ2n) is 8.07. The first-order valence-electron chi connectivity index (χ1n) is 10.4. The van der Waals surface area contributed by atoms with Gasteiger partial charge in [-0.05, 0) is 42.4 Å². The average molecular weight is 449 g/mol. The highest BCUT2D eigenvalue weighted by Crippen LogP contribution is 2.48. The van der Waals surface area contributed by atoms with E-state index in [9.17, 15) is 14.4 Å². The molecule has 0 amide bonds. The summed E-state index contributed by atoms with van der Waals surface area (Å²) in [6, 6.07) is 0. The second-order valence-corrected chi connectivity index (χ2v) is 8.07. The number of allylic oxidation sites excluding steroid dienone is 4. The number of carbonyl (C=O) groups excluding carboxylic acids is 5. The minimum atomic E-state index is -0.350. The fraction of sp³-hybridized carbons (Fsp3) is 0.583. The lowest BCUT2D eigenvalue weighted by Crippen LogP contribution is -2.34. The number of rotatable bonds is 5. The van der Waals surface area contributed by atoms with Gasteiger partial charge in [0.1, 0.15) is 0 Å². The largest absolute Gasteiger partial charge is 0.469 e. The quantitative estimate of drug-likeness (QED) is 0.358. The highest BCUT2D eigenvalue weighted by Gasteiger charge is 2.52. The van der Waals surface area contributed by atoms with E-state index in [0.717, 1.165) is 12.8 Å². The van der Waals surface area contributed by atoms with Gasteiger partial charge >= 0.3 is 24.1 Å². The number of hydrogen-bond donors (Lipinski definition) is 0. The molecule has 32 heavy (non-hydrogen) atoms. The Morgan fingerprint density at radius 2 is 1.16 bits per heavy atom. The maximum atomic E-state index is 11.6. The van der Waals surface area contributed by atoms with Crippen molar-refractivity contribution in [1.29, 1.82) is 0 Å². The smallest absolute Gasteiger partial charge is 0.373 e. The van der Waals surface area contributed by atoms with Crippen molar-refractivity contribution in [3.05, 3.63) is 37.5 Å². The fourth-order valence-corrected chi connectivity index (χ4v) is 5.15. The Morgan fingerprint density at radius 3 is 1.50 bits per heavy atom. The molecule has 0 N–H and O–H groups in total. The van der Waals surface area contributed by atoms with Crippen LogP contribution in [0.2, 0.25) is 0 Å². The maximum Gasteiger partial charge on any atom is 0.373 e. The van der Waals surface area contributed by atoms with E-state index < -0.39 is 0 Å². The van der Waals surface area contributed by atoms with Crippen molar-refractivity contribution in [1.82, 2.24) is 0 Å². The molecule has 0 spiro atoms. The number of ether oxygens (including phenoxy) is 3. The van der Waals surface area contributed by atoms with Crippen LogP contribution in [-0.2, 0) is 38.2 Å². The van der Waals surface area contributed by atoms with Crippen molar-refractivity contribution in [2.45, 2.75) is 19.8 Å². The molecule has 0 aromatic carbocycles. The van der Waals surface area contributed by atoms with Crippen LogP contribution in [0.15, 0.2) is 37.5 Å². The molecule has 2 bridgehead atoms. The van der Waals surface area contributed by atoms with Gasteiger partial charge in [-0.2, -0.15) is 9.59 Å².